The van der Waals surface area contributed by atoms with Crippen molar-refractivity contribution in [2.24, 2.45) is 0 Å². The second-order valence-corrected chi connectivity index (χ2v) is 6.50. The van der Waals surface area contributed by atoms with Crippen LogP contribution in [0.1, 0.15) is 11.8 Å². The van der Waals surface area contributed by atoms with Crippen molar-refractivity contribution in [3.05, 3.63) is 77.4 Å². The van der Waals surface area contributed by atoms with E-state index >= 15 is 0 Å². The van der Waals surface area contributed by atoms with Gasteiger partial charge in [-0.1, -0.05) is 48.0 Å². The van der Waals surface area contributed by atoms with Crippen molar-refractivity contribution in [3.8, 4) is 11.5 Å². The lowest BCUT2D eigenvalue weighted by atomic mass is 10.0. The molecule has 2 heterocycles. The Morgan fingerprint density at radius 3 is 2.48 bits per heavy atom. The normalized spacial score (nSPS) is 16.3. The Morgan fingerprint density at radius 1 is 0.840 bits per heavy atom. The molecule has 1 aromatic heterocycles. The fraction of sp³-hybridized carbons (Fsp3) is 0.0952. The van der Waals surface area contributed by atoms with Crippen LogP contribution in [0.3, 0.4) is 0 Å². The predicted molar refractivity (Wildman–Crippen MR) is 99.6 cm³/mol. The molecule has 25 heavy (non-hydrogen) atoms. The summed E-state index contributed by atoms with van der Waals surface area (Å²) in [5.74, 6) is 1.52. The van der Waals surface area contributed by atoms with Gasteiger partial charge in [0.15, 0.2) is 17.6 Å². The summed E-state index contributed by atoms with van der Waals surface area (Å²) in [6, 6.07) is 21.7. The van der Waals surface area contributed by atoms with Crippen molar-refractivity contribution in [1.29, 1.82) is 0 Å². The summed E-state index contributed by atoms with van der Waals surface area (Å²) < 4.78 is 12.1. The molecular weight excluding hydrogens is 334 g/mol. The van der Waals surface area contributed by atoms with Crippen LogP contribution in [0.5, 0.6) is 11.5 Å². The third-order valence-corrected chi connectivity index (χ3v) is 4.74. The van der Waals surface area contributed by atoms with Gasteiger partial charge < -0.3 is 9.47 Å². The van der Waals surface area contributed by atoms with Crippen molar-refractivity contribution in [1.82, 2.24) is 4.98 Å². The maximum Gasteiger partial charge on any atom is 0.175 e. The molecule has 0 spiro atoms. The molecule has 0 radical (unpaired) electrons. The van der Waals surface area contributed by atoms with Crippen molar-refractivity contribution < 1.29 is 9.47 Å². The van der Waals surface area contributed by atoms with E-state index in [2.05, 4.69) is 12.1 Å². The van der Waals surface area contributed by atoms with Gasteiger partial charge in [-0.05, 0) is 35.7 Å². The van der Waals surface area contributed by atoms with Crippen LogP contribution in [0.2, 0.25) is 5.02 Å². The molecule has 3 aromatic carbocycles. The van der Waals surface area contributed by atoms with Gasteiger partial charge in [-0.25, -0.2) is 4.98 Å². The van der Waals surface area contributed by atoms with Gasteiger partial charge in [-0.2, -0.15) is 0 Å². The molecule has 1 unspecified atom stereocenters. The van der Waals surface area contributed by atoms with Crippen LogP contribution < -0.4 is 9.47 Å². The van der Waals surface area contributed by atoms with Crippen LogP contribution >= 0.6 is 11.6 Å². The second kappa shape index (κ2) is 5.64. The molecule has 4 heteroatoms. The van der Waals surface area contributed by atoms with E-state index in [0.29, 0.717) is 11.6 Å². The number of halogens is 1. The summed E-state index contributed by atoms with van der Waals surface area (Å²) in [4.78, 5) is 4.88. The number of aromatic nitrogens is 1. The summed E-state index contributed by atoms with van der Waals surface area (Å²) in [6.07, 6.45) is -0.250. The van der Waals surface area contributed by atoms with Gasteiger partial charge >= 0.3 is 0 Å². The van der Waals surface area contributed by atoms with Gasteiger partial charge in [-0.15, -0.1) is 0 Å². The zero-order chi connectivity index (χ0) is 16.8. The highest BCUT2D eigenvalue weighted by Crippen LogP contribution is 2.38. The highest BCUT2D eigenvalue weighted by atomic mass is 35.5. The van der Waals surface area contributed by atoms with Crippen LogP contribution in [0, 0.1) is 0 Å². The number of para-hydroxylation sites is 2. The molecule has 1 aliphatic heterocycles. The molecular formula is C21H14ClNO2. The van der Waals surface area contributed by atoms with E-state index in [1.165, 1.54) is 0 Å². The number of benzene rings is 3. The van der Waals surface area contributed by atoms with Crippen molar-refractivity contribution >= 4 is 33.3 Å². The number of hydrogen-bond acceptors (Lipinski definition) is 3. The Balaban J connectivity index is 1.72. The minimum Gasteiger partial charge on any atom is -0.485 e. The fourth-order valence-corrected chi connectivity index (χ4v) is 3.52. The molecule has 0 saturated heterocycles. The molecule has 0 N–H and O–H groups in total. The summed E-state index contributed by atoms with van der Waals surface area (Å²) in [5.41, 5.74) is 1.79. The first-order chi connectivity index (χ1) is 12.3. The largest absolute Gasteiger partial charge is 0.485 e. The minimum absolute atomic E-state index is 0.250. The van der Waals surface area contributed by atoms with Gasteiger partial charge in [0.1, 0.15) is 6.61 Å². The third-order valence-electron chi connectivity index (χ3n) is 4.51. The highest BCUT2D eigenvalue weighted by Gasteiger charge is 2.25. The maximum absolute atomic E-state index is 6.19. The van der Waals surface area contributed by atoms with Crippen molar-refractivity contribution in [2.45, 2.75) is 6.10 Å². The number of ether oxygens (including phenoxy) is 2. The fourth-order valence-electron chi connectivity index (χ4n) is 3.35. The van der Waals surface area contributed by atoms with Gasteiger partial charge in [-0.3, -0.25) is 0 Å². The Hall–Kier alpha value is -2.78. The number of hydrogen-bond donors (Lipinski definition) is 0. The smallest absolute Gasteiger partial charge is 0.175 e. The molecule has 0 saturated carbocycles. The number of rotatable bonds is 1. The van der Waals surface area contributed by atoms with E-state index in [0.717, 1.165) is 38.9 Å². The SMILES string of the molecule is Clc1ccc2nc(C3COc4ccccc4O3)c3ccccc3c2c1. The van der Waals surface area contributed by atoms with E-state index in [1.807, 2.05) is 54.6 Å². The van der Waals surface area contributed by atoms with Gasteiger partial charge in [0.05, 0.1) is 11.2 Å². The Bertz CT molecular complexity index is 1110. The van der Waals surface area contributed by atoms with Crippen LogP contribution in [0.15, 0.2) is 66.7 Å². The molecule has 0 aliphatic carbocycles. The topological polar surface area (TPSA) is 31.4 Å². The monoisotopic (exact) mass is 347 g/mol. The third kappa shape index (κ3) is 2.39. The van der Waals surface area contributed by atoms with Gasteiger partial charge in [0.2, 0.25) is 0 Å². The molecule has 0 fully saturated rings. The standard InChI is InChI=1S/C21H14ClNO2/c22-13-9-10-17-16(11-13)14-5-1-2-6-15(14)21(23-17)20-12-24-18-7-3-4-8-19(18)25-20/h1-11,20H,12H2. The molecule has 122 valence electrons. The van der Waals surface area contributed by atoms with Crippen LogP contribution in [-0.4, -0.2) is 11.6 Å². The van der Waals surface area contributed by atoms with Gasteiger partial charge in [0.25, 0.3) is 0 Å². The van der Waals surface area contributed by atoms with E-state index in [1.54, 1.807) is 0 Å². The summed E-state index contributed by atoms with van der Waals surface area (Å²) in [7, 11) is 0. The zero-order valence-corrected chi connectivity index (χ0v) is 14.0. The Labute approximate surface area is 149 Å². The molecule has 4 aromatic rings. The van der Waals surface area contributed by atoms with Gasteiger partial charge in [0, 0.05) is 15.8 Å². The van der Waals surface area contributed by atoms with E-state index in [4.69, 9.17) is 26.1 Å². The molecule has 3 nitrogen and oxygen atoms in total. The first kappa shape index (κ1) is 14.6. The van der Waals surface area contributed by atoms with Crippen LogP contribution in [-0.2, 0) is 0 Å². The van der Waals surface area contributed by atoms with E-state index in [-0.39, 0.29) is 6.10 Å². The predicted octanol–water partition coefficient (Wildman–Crippen LogP) is 5.55. The first-order valence-electron chi connectivity index (χ1n) is 8.16. The van der Waals surface area contributed by atoms with Crippen LogP contribution in [0.25, 0.3) is 21.7 Å². The van der Waals surface area contributed by atoms with Crippen molar-refractivity contribution in [2.75, 3.05) is 6.61 Å². The Morgan fingerprint density at radius 2 is 1.60 bits per heavy atom. The van der Waals surface area contributed by atoms with E-state index in [9.17, 15) is 0 Å². The average molecular weight is 348 g/mol. The lowest BCUT2D eigenvalue weighted by molar-refractivity contribution is 0.0896. The first-order valence-corrected chi connectivity index (χ1v) is 8.54. The Kier molecular flexibility index (Phi) is 3.28. The zero-order valence-electron chi connectivity index (χ0n) is 13.3. The molecule has 0 amide bonds. The number of fused-ring (bicyclic) bond motifs is 4. The quantitative estimate of drug-likeness (QED) is 0.423. The molecule has 1 aliphatic rings. The lowest BCUT2D eigenvalue weighted by Gasteiger charge is -2.27. The maximum atomic E-state index is 6.19. The molecule has 0 bridgehead atoms. The molecule has 1 atom stereocenters. The highest BCUT2D eigenvalue weighted by molar-refractivity contribution is 6.31. The second-order valence-electron chi connectivity index (χ2n) is 6.07. The average Bonchev–Trinajstić information content (AvgIpc) is 2.67. The van der Waals surface area contributed by atoms with Crippen molar-refractivity contribution in [3.63, 3.8) is 0 Å². The summed E-state index contributed by atoms with van der Waals surface area (Å²) in [5, 5.41) is 3.93. The minimum atomic E-state index is -0.250. The summed E-state index contributed by atoms with van der Waals surface area (Å²) >= 11 is 6.19. The summed E-state index contributed by atoms with van der Waals surface area (Å²) in [6.45, 7) is 0.438. The van der Waals surface area contributed by atoms with Crippen LogP contribution in [0.4, 0.5) is 0 Å². The number of pyridine rings is 1. The number of nitrogens with zero attached hydrogens (tertiary/aromatic N) is 1. The molecule has 5 rings (SSSR count). The van der Waals surface area contributed by atoms with E-state index < -0.39 is 0 Å². The lowest BCUT2D eigenvalue weighted by Crippen LogP contribution is -2.22.